The van der Waals surface area contributed by atoms with Crippen LogP contribution in [0.25, 0.3) is 10.8 Å². The van der Waals surface area contributed by atoms with Crippen LogP contribution in [0.1, 0.15) is 15.9 Å². The number of carbonyl (C=O) groups is 2. The van der Waals surface area contributed by atoms with Gasteiger partial charge in [-0.2, -0.15) is 0 Å². The first kappa shape index (κ1) is 20.3. The first-order valence-corrected chi connectivity index (χ1v) is 9.17. The highest BCUT2D eigenvalue weighted by Crippen LogP contribution is 2.25. The molecule has 7 nitrogen and oxygen atoms in total. The predicted octanol–water partition coefficient (Wildman–Crippen LogP) is 3.79. The third-order valence-corrected chi connectivity index (χ3v) is 4.78. The monoisotopic (exact) mass is 411 g/mol. The van der Waals surface area contributed by atoms with Crippen molar-refractivity contribution in [1.29, 1.82) is 0 Å². The molecule has 148 valence electrons. The molecule has 3 aromatic carbocycles. The Hall–Kier alpha value is -3.45. The summed E-state index contributed by atoms with van der Waals surface area (Å²) in [6.45, 7) is 0.172. The lowest BCUT2D eigenvalue weighted by atomic mass is 10.1. The number of benzene rings is 3. The Bertz CT molecular complexity index is 1100. The lowest BCUT2D eigenvalue weighted by molar-refractivity contribution is -0.384. The Labute approximate surface area is 172 Å². The van der Waals surface area contributed by atoms with E-state index in [9.17, 15) is 19.7 Å². The fourth-order valence-electron chi connectivity index (χ4n) is 2.89. The van der Waals surface area contributed by atoms with Crippen molar-refractivity contribution in [2.24, 2.45) is 0 Å². The number of rotatable bonds is 6. The number of fused-ring (bicyclic) bond motifs is 1. The van der Waals surface area contributed by atoms with Crippen LogP contribution in [-0.4, -0.2) is 35.2 Å². The van der Waals surface area contributed by atoms with E-state index in [-0.39, 0.29) is 28.7 Å². The summed E-state index contributed by atoms with van der Waals surface area (Å²) in [6, 6.07) is 17.7. The van der Waals surface area contributed by atoms with Crippen molar-refractivity contribution in [3.8, 4) is 0 Å². The maximum atomic E-state index is 12.4. The van der Waals surface area contributed by atoms with Crippen LogP contribution in [0.5, 0.6) is 0 Å². The Morgan fingerprint density at radius 1 is 1.07 bits per heavy atom. The third-order valence-electron chi connectivity index (χ3n) is 4.46. The van der Waals surface area contributed by atoms with Crippen LogP contribution in [0, 0.1) is 10.1 Å². The number of amides is 2. The lowest BCUT2D eigenvalue weighted by Crippen LogP contribution is -2.37. The highest BCUT2D eigenvalue weighted by atomic mass is 35.5. The zero-order chi connectivity index (χ0) is 21.0. The molecule has 0 heterocycles. The zero-order valence-corrected chi connectivity index (χ0v) is 16.3. The Morgan fingerprint density at radius 3 is 2.52 bits per heavy atom. The highest BCUT2D eigenvalue weighted by molar-refractivity contribution is 6.32. The normalized spacial score (nSPS) is 10.6. The Morgan fingerprint density at radius 2 is 1.79 bits per heavy atom. The first-order valence-electron chi connectivity index (χ1n) is 8.79. The first-order chi connectivity index (χ1) is 13.8. The Balaban J connectivity index is 1.60. The van der Waals surface area contributed by atoms with E-state index in [0.29, 0.717) is 6.54 Å². The van der Waals surface area contributed by atoms with Gasteiger partial charge in [-0.25, -0.2) is 0 Å². The van der Waals surface area contributed by atoms with Gasteiger partial charge in [-0.15, -0.1) is 0 Å². The zero-order valence-electron chi connectivity index (χ0n) is 15.6. The fraction of sp³-hybridized carbons (Fsp3) is 0.143. The number of likely N-dealkylation sites (N-methyl/N-ethyl adjacent to an activating group) is 1. The standard InChI is InChI=1S/C21H18ClN3O4/c1-24(13-14-6-7-15-4-2-3-5-16(15)10-14)20(26)12-23-21(27)17-8-9-18(22)19(11-17)25(28)29/h2-11H,12-13H2,1H3,(H,23,27). The minimum absolute atomic E-state index is 0.0576. The van der Waals surface area contributed by atoms with E-state index in [2.05, 4.69) is 5.32 Å². The van der Waals surface area contributed by atoms with Gasteiger partial charge in [-0.1, -0.05) is 48.0 Å². The largest absolute Gasteiger partial charge is 0.343 e. The van der Waals surface area contributed by atoms with Gasteiger partial charge >= 0.3 is 0 Å². The van der Waals surface area contributed by atoms with Gasteiger partial charge in [0.1, 0.15) is 5.02 Å². The van der Waals surface area contributed by atoms with Crippen LogP contribution >= 0.6 is 11.6 Å². The molecule has 0 radical (unpaired) electrons. The molecule has 0 spiro atoms. The second kappa shape index (κ2) is 8.70. The summed E-state index contributed by atoms with van der Waals surface area (Å²) in [7, 11) is 1.65. The molecule has 0 saturated heterocycles. The number of halogens is 1. The van der Waals surface area contributed by atoms with Crippen molar-refractivity contribution in [3.63, 3.8) is 0 Å². The average molecular weight is 412 g/mol. The van der Waals surface area contributed by atoms with E-state index in [1.54, 1.807) is 7.05 Å². The van der Waals surface area contributed by atoms with E-state index >= 15 is 0 Å². The number of nitrogens with one attached hydrogen (secondary N) is 1. The number of hydrogen-bond acceptors (Lipinski definition) is 4. The maximum absolute atomic E-state index is 12.4. The van der Waals surface area contributed by atoms with Crippen LogP contribution in [0.4, 0.5) is 5.69 Å². The van der Waals surface area contributed by atoms with Crippen molar-refractivity contribution in [3.05, 3.63) is 86.9 Å². The van der Waals surface area contributed by atoms with Crippen LogP contribution in [-0.2, 0) is 11.3 Å². The lowest BCUT2D eigenvalue weighted by Gasteiger charge is -2.18. The molecule has 0 aromatic heterocycles. The second-order valence-electron chi connectivity index (χ2n) is 6.54. The van der Waals surface area contributed by atoms with Crippen LogP contribution in [0.2, 0.25) is 5.02 Å². The van der Waals surface area contributed by atoms with Crippen molar-refractivity contribution >= 4 is 39.9 Å². The van der Waals surface area contributed by atoms with Crippen molar-refractivity contribution in [1.82, 2.24) is 10.2 Å². The minimum Gasteiger partial charge on any atom is -0.343 e. The quantitative estimate of drug-likeness (QED) is 0.493. The maximum Gasteiger partial charge on any atom is 0.288 e. The molecule has 0 atom stereocenters. The molecule has 0 aliphatic carbocycles. The van der Waals surface area contributed by atoms with Gasteiger partial charge in [0.05, 0.1) is 11.5 Å². The molecule has 29 heavy (non-hydrogen) atoms. The molecule has 2 amide bonds. The van der Waals surface area contributed by atoms with Gasteiger partial charge < -0.3 is 10.2 Å². The number of nitro benzene ring substituents is 1. The molecule has 8 heteroatoms. The fourth-order valence-corrected chi connectivity index (χ4v) is 3.07. The van der Waals surface area contributed by atoms with E-state index in [4.69, 9.17) is 11.6 Å². The molecule has 0 fully saturated rings. The summed E-state index contributed by atoms with van der Waals surface area (Å²) in [5.41, 5.74) is 0.671. The topological polar surface area (TPSA) is 92.6 Å². The van der Waals surface area contributed by atoms with Crippen molar-refractivity contribution < 1.29 is 14.5 Å². The number of nitro groups is 1. The number of hydrogen-bond donors (Lipinski definition) is 1. The minimum atomic E-state index is -0.665. The van der Waals surface area contributed by atoms with Gasteiger partial charge in [-0.05, 0) is 34.5 Å². The van der Waals surface area contributed by atoms with E-state index in [1.807, 2.05) is 42.5 Å². The summed E-state index contributed by atoms with van der Waals surface area (Å²) in [6.07, 6.45) is 0. The molecular formula is C21H18ClN3O4. The predicted molar refractivity (Wildman–Crippen MR) is 111 cm³/mol. The summed E-state index contributed by atoms with van der Waals surface area (Å²) in [4.78, 5) is 36.4. The summed E-state index contributed by atoms with van der Waals surface area (Å²) in [5.74, 6) is -0.868. The SMILES string of the molecule is CN(Cc1ccc2ccccc2c1)C(=O)CNC(=O)c1ccc(Cl)c([N+](=O)[O-])c1. The summed E-state index contributed by atoms with van der Waals surface area (Å²) in [5, 5.41) is 15.6. The third kappa shape index (κ3) is 4.89. The van der Waals surface area contributed by atoms with Gasteiger partial charge in [0.15, 0.2) is 0 Å². The molecule has 0 unspecified atom stereocenters. The average Bonchev–Trinajstić information content (AvgIpc) is 2.71. The van der Waals surface area contributed by atoms with Crippen molar-refractivity contribution in [2.75, 3.05) is 13.6 Å². The van der Waals surface area contributed by atoms with Gasteiger partial charge in [-0.3, -0.25) is 19.7 Å². The highest BCUT2D eigenvalue weighted by Gasteiger charge is 2.17. The van der Waals surface area contributed by atoms with E-state index in [1.165, 1.54) is 17.0 Å². The second-order valence-corrected chi connectivity index (χ2v) is 6.94. The van der Waals surface area contributed by atoms with Gasteiger partial charge in [0.25, 0.3) is 11.6 Å². The van der Waals surface area contributed by atoms with E-state index < -0.39 is 10.8 Å². The number of nitrogens with zero attached hydrogens (tertiary/aromatic N) is 2. The van der Waals surface area contributed by atoms with Crippen LogP contribution in [0.3, 0.4) is 0 Å². The molecular weight excluding hydrogens is 394 g/mol. The molecule has 0 bridgehead atoms. The molecule has 3 aromatic rings. The van der Waals surface area contributed by atoms with Gasteiger partial charge in [0, 0.05) is 25.2 Å². The smallest absolute Gasteiger partial charge is 0.288 e. The molecule has 3 rings (SSSR count). The summed E-state index contributed by atoms with van der Waals surface area (Å²) < 4.78 is 0. The molecule has 0 aliphatic rings. The van der Waals surface area contributed by atoms with E-state index in [0.717, 1.165) is 22.4 Å². The van der Waals surface area contributed by atoms with Crippen LogP contribution in [0.15, 0.2) is 60.7 Å². The molecule has 1 N–H and O–H groups in total. The molecule has 0 aliphatic heterocycles. The number of carbonyl (C=O) groups excluding carboxylic acids is 2. The Kier molecular flexibility index (Phi) is 6.09. The molecule has 0 saturated carbocycles. The van der Waals surface area contributed by atoms with Crippen LogP contribution < -0.4 is 5.32 Å². The van der Waals surface area contributed by atoms with Gasteiger partial charge in [0.2, 0.25) is 5.91 Å². The summed E-state index contributed by atoms with van der Waals surface area (Å²) >= 11 is 5.74. The van der Waals surface area contributed by atoms with Crippen molar-refractivity contribution in [2.45, 2.75) is 6.54 Å².